The number of hydrogen-bond acceptors (Lipinski definition) is 3. The minimum Gasteiger partial charge on any atom is -0.480 e. The average Bonchev–Trinajstić information content (AvgIpc) is 2.39. The van der Waals surface area contributed by atoms with Crippen LogP contribution in [0.3, 0.4) is 0 Å². The van der Waals surface area contributed by atoms with Gasteiger partial charge in [0.1, 0.15) is 6.04 Å². The van der Waals surface area contributed by atoms with Gasteiger partial charge in [0.05, 0.1) is 22.3 Å². The molecule has 21 heavy (non-hydrogen) atoms. The number of carbonyl (C=O) groups excluding carboxylic acids is 1. The first-order chi connectivity index (χ1) is 9.81. The zero-order valence-corrected chi connectivity index (χ0v) is 13.3. The lowest BCUT2D eigenvalue weighted by Crippen LogP contribution is -2.42. The highest BCUT2D eigenvalue weighted by atomic mass is 35.5. The molecule has 0 saturated carbocycles. The summed E-state index contributed by atoms with van der Waals surface area (Å²) in [6.07, 6.45) is 0.445. The van der Waals surface area contributed by atoms with Crippen LogP contribution >= 0.6 is 23.2 Å². The van der Waals surface area contributed by atoms with Crippen molar-refractivity contribution >= 4 is 40.8 Å². The lowest BCUT2D eigenvalue weighted by Gasteiger charge is -2.16. The number of carboxylic acid groups (broad SMARTS) is 1. The summed E-state index contributed by atoms with van der Waals surface area (Å²) in [6.45, 7) is 3.72. The van der Waals surface area contributed by atoms with Gasteiger partial charge in [-0.3, -0.25) is 14.9 Å². The number of benzene rings is 1. The molecule has 0 aliphatic rings. The molecule has 1 aromatic carbocycles. The molecule has 0 spiro atoms. The molecule has 0 aromatic heterocycles. The molecule has 1 amide bonds. The quantitative estimate of drug-likeness (QED) is 0.717. The zero-order chi connectivity index (χ0) is 16.0. The van der Waals surface area contributed by atoms with Crippen LogP contribution in [0, 0.1) is 5.92 Å². The Morgan fingerprint density at radius 1 is 1.29 bits per heavy atom. The Hall–Kier alpha value is -1.30. The van der Waals surface area contributed by atoms with E-state index in [1.807, 2.05) is 13.8 Å². The lowest BCUT2D eigenvalue weighted by atomic mass is 10.0. The van der Waals surface area contributed by atoms with Crippen LogP contribution in [0.5, 0.6) is 0 Å². The van der Waals surface area contributed by atoms with E-state index in [0.717, 1.165) is 0 Å². The molecule has 1 unspecified atom stereocenters. The largest absolute Gasteiger partial charge is 0.480 e. The Morgan fingerprint density at radius 3 is 2.52 bits per heavy atom. The van der Waals surface area contributed by atoms with Crippen molar-refractivity contribution in [1.29, 1.82) is 0 Å². The van der Waals surface area contributed by atoms with E-state index in [1.165, 1.54) is 0 Å². The van der Waals surface area contributed by atoms with E-state index < -0.39 is 12.0 Å². The maximum absolute atomic E-state index is 11.8. The van der Waals surface area contributed by atoms with Crippen LogP contribution in [0.15, 0.2) is 18.2 Å². The third-order valence-electron chi connectivity index (χ3n) is 2.74. The van der Waals surface area contributed by atoms with E-state index in [1.54, 1.807) is 18.2 Å². The fourth-order valence-electron chi connectivity index (χ4n) is 1.75. The highest BCUT2D eigenvalue weighted by Crippen LogP contribution is 2.29. The maximum Gasteiger partial charge on any atom is 0.320 e. The van der Waals surface area contributed by atoms with Gasteiger partial charge < -0.3 is 10.4 Å². The second kappa shape index (κ2) is 8.22. The van der Waals surface area contributed by atoms with E-state index in [4.69, 9.17) is 28.3 Å². The van der Waals surface area contributed by atoms with Crippen LogP contribution in [0.2, 0.25) is 10.0 Å². The van der Waals surface area contributed by atoms with Crippen molar-refractivity contribution in [3.8, 4) is 0 Å². The summed E-state index contributed by atoms with van der Waals surface area (Å²) in [6, 6.07) is 4.14. The van der Waals surface area contributed by atoms with Crippen LogP contribution in [-0.4, -0.2) is 29.6 Å². The summed E-state index contributed by atoms with van der Waals surface area (Å²) in [4.78, 5) is 22.9. The molecule has 0 saturated heterocycles. The van der Waals surface area contributed by atoms with Crippen molar-refractivity contribution < 1.29 is 14.7 Å². The lowest BCUT2D eigenvalue weighted by molar-refractivity contribution is -0.139. The van der Waals surface area contributed by atoms with Crippen molar-refractivity contribution in [2.45, 2.75) is 26.3 Å². The summed E-state index contributed by atoms with van der Waals surface area (Å²) in [5, 5.41) is 15.0. The predicted octanol–water partition coefficient (Wildman–Crippen LogP) is 3.02. The van der Waals surface area contributed by atoms with Gasteiger partial charge in [0.25, 0.3) is 0 Å². The number of rotatable bonds is 7. The molecule has 5 nitrogen and oxygen atoms in total. The first-order valence-corrected chi connectivity index (χ1v) is 7.27. The minimum absolute atomic E-state index is 0.119. The van der Waals surface area contributed by atoms with E-state index in [9.17, 15) is 9.59 Å². The Bertz CT molecular complexity index is 521. The molecule has 0 fully saturated rings. The number of halogens is 2. The molecule has 0 aliphatic carbocycles. The van der Waals surface area contributed by atoms with Gasteiger partial charge in [-0.15, -0.1) is 0 Å². The van der Waals surface area contributed by atoms with Gasteiger partial charge in [0, 0.05) is 0 Å². The molecule has 7 heteroatoms. The Labute approximate surface area is 133 Å². The Morgan fingerprint density at radius 2 is 1.95 bits per heavy atom. The molecule has 0 radical (unpaired) electrons. The van der Waals surface area contributed by atoms with Gasteiger partial charge in [-0.1, -0.05) is 43.1 Å². The summed E-state index contributed by atoms with van der Waals surface area (Å²) >= 11 is 11.8. The highest BCUT2D eigenvalue weighted by molar-refractivity contribution is 6.43. The fourth-order valence-corrected chi connectivity index (χ4v) is 2.10. The van der Waals surface area contributed by atoms with Gasteiger partial charge >= 0.3 is 5.97 Å². The van der Waals surface area contributed by atoms with Crippen molar-refractivity contribution in [3.63, 3.8) is 0 Å². The summed E-state index contributed by atoms with van der Waals surface area (Å²) in [5.74, 6) is -1.14. The van der Waals surface area contributed by atoms with Gasteiger partial charge in [0.2, 0.25) is 5.91 Å². The van der Waals surface area contributed by atoms with Crippen molar-refractivity contribution in [2.24, 2.45) is 5.92 Å². The van der Waals surface area contributed by atoms with Gasteiger partial charge in [0.15, 0.2) is 0 Å². The number of hydrogen-bond donors (Lipinski definition) is 3. The van der Waals surface area contributed by atoms with Crippen LogP contribution in [0.25, 0.3) is 0 Å². The Kier molecular flexibility index (Phi) is 6.95. The topological polar surface area (TPSA) is 78.4 Å². The van der Waals surface area contributed by atoms with E-state index >= 15 is 0 Å². The number of carbonyl (C=O) groups is 2. The molecule has 0 bridgehead atoms. The number of aliphatic carboxylic acids is 1. The van der Waals surface area contributed by atoms with Crippen LogP contribution < -0.4 is 10.6 Å². The minimum atomic E-state index is -0.975. The van der Waals surface area contributed by atoms with Crippen molar-refractivity contribution in [3.05, 3.63) is 28.2 Å². The number of nitrogens with one attached hydrogen (secondary N) is 2. The summed E-state index contributed by atoms with van der Waals surface area (Å²) in [7, 11) is 0. The first-order valence-electron chi connectivity index (χ1n) is 6.51. The monoisotopic (exact) mass is 332 g/mol. The molecule has 1 aromatic rings. The molecule has 1 atom stereocenters. The highest BCUT2D eigenvalue weighted by Gasteiger charge is 2.19. The van der Waals surface area contributed by atoms with Crippen LogP contribution in [0.1, 0.15) is 20.3 Å². The number of amides is 1. The third-order valence-corrected chi connectivity index (χ3v) is 3.56. The van der Waals surface area contributed by atoms with Gasteiger partial charge in [-0.05, 0) is 24.5 Å². The van der Waals surface area contributed by atoms with E-state index in [-0.39, 0.29) is 23.4 Å². The van der Waals surface area contributed by atoms with Gasteiger partial charge in [-0.2, -0.15) is 0 Å². The smallest absolute Gasteiger partial charge is 0.320 e. The summed E-state index contributed by atoms with van der Waals surface area (Å²) in [5.41, 5.74) is 0.395. The van der Waals surface area contributed by atoms with E-state index in [2.05, 4.69) is 10.6 Å². The second-order valence-corrected chi connectivity index (χ2v) is 5.84. The maximum atomic E-state index is 11.8. The first kappa shape index (κ1) is 17.8. The van der Waals surface area contributed by atoms with Crippen molar-refractivity contribution in [1.82, 2.24) is 5.32 Å². The van der Waals surface area contributed by atoms with Gasteiger partial charge in [-0.25, -0.2) is 0 Å². The SMILES string of the molecule is CC(C)CC(NCC(=O)Nc1cccc(Cl)c1Cl)C(=O)O. The molecular formula is C14H18Cl2N2O3. The Balaban J connectivity index is 2.57. The standard InChI is InChI=1S/C14H18Cl2N2O3/c1-8(2)6-11(14(20)21)17-7-12(19)18-10-5-3-4-9(15)13(10)16/h3-5,8,11,17H,6-7H2,1-2H3,(H,18,19)(H,20,21). The molecule has 1 rings (SSSR count). The third kappa shape index (κ3) is 5.91. The van der Waals surface area contributed by atoms with Crippen LogP contribution in [-0.2, 0) is 9.59 Å². The fraction of sp³-hybridized carbons (Fsp3) is 0.429. The second-order valence-electron chi connectivity index (χ2n) is 5.05. The average molecular weight is 333 g/mol. The molecule has 3 N–H and O–H groups in total. The molecule has 0 aliphatic heterocycles. The van der Waals surface area contributed by atoms with Crippen molar-refractivity contribution in [2.75, 3.05) is 11.9 Å². The summed E-state index contributed by atoms with van der Waals surface area (Å²) < 4.78 is 0. The van der Waals surface area contributed by atoms with Crippen LogP contribution in [0.4, 0.5) is 5.69 Å². The molecule has 116 valence electrons. The molecular weight excluding hydrogens is 315 g/mol. The van der Waals surface area contributed by atoms with E-state index in [0.29, 0.717) is 17.1 Å². The number of carboxylic acids is 1. The normalized spacial score (nSPS) is 12.2. The zero-order valence-electron chi connectivity index (χ0n) is 11.8. The predicted molar refractivity (Wildman–Crippen MR) is 84.0 cm³/mol. The molecule has 0 heterocycles. The number of anilines is 1.